The lowest BCUT2D eigenvalue weighted by molar-refractivity contribution is 0.0945. The van der Waals surface area contributed by atoms with Crippen LogP contribution in [0.4, 0.5) is 0 Å². The van der Waals surface area contributed by atoms with Gasteiger partial charge in [0.25, 0.3) is 5.91 Å². The van der Waals surface area contributed by atoms with Crippen LogP contribution in [0.2, 0.25) is 0 Å². The highest BCUT2D eigenvalue weighted by molar-refractivity contribution is 7.17. The van der Waals surface area contributed by atoms with Gasteiger partial charge in [-0.15, -0.1) is 11.3 Å². The zero-order chi connectivity index (χ0) is 20.9. The fraction of sp³-hybridized carbons (Fsp3) is 0.208. The summed E-state index contributed by atoms with van der Waals surface area (Å²) in [4.78, 5) is 13.0. The van der Waals surface area contributed by atoms with Crippen molar-refractivity contribution in [2.45, 2.75) is 13.0 Å². The quantitative estimate of drug-likeness (QED) is 0.448. The Morgan fingerprint density at radius 2 is 1.63 bits per heavy atom. The third-order valence-corrected chi connectivity index (χ3v) is 6.00. The Morgan fingerprint density at radius 1 is 0.967 bits per heavy atom. The minimum atomic E-state index is -0.0804. The summed E-state index contributed by atoms with van der Waals surface area (Å²) < 4.78 is 14.1. The van der Waals surface area contributed by atoms with E-state index in [-0.39, 0.29) is 5.91 Å². The highest BCUT2D eigenvalue weighted by Crippen LogP contribution is 2.28. The first-order valence-corrected chi connectivity index (χ1v) is 10.7. The standard InChI is InChI=1S/C24H24N2O3S/c1-28-21-9-5-3-7-17(21)11-13-25-24(27)20-15-23-19(12-14-30-23)26(20)16-18-8-4-6-10-22(18)29-2/h3-10,12,14-15H,11,13,16H2,1-2H3,(H,25,27). The number of nitrogens with zero attached hydrogens (tertiary/aromatic N) is 1. The van der Waals surface area contributed by atoms with E-state index in [0.29, 0.717) is 25.2 Å². The predicted octanol–water partition coefficient (Wildman–Crippen LogP) is 4.74. The van der Waals surface area contributed by atoms with E-state index in [2.05, 4.69) is 16.0 Å². The molecule has 154 valence electrons. The van der Waals surface area contributed by atoms with E-state index in [0.717, 1.165) is 32.8 Å². The number of nitrogens with one attached hydrogen (secondary N) is 1. The Morgan fingerprint density at radius 3 is 2.37 bits per heavy atom. The van der Waals surface area contributed by atoms with E-state index in [1.807, 2.05) is 60.0 Å². The summed E-state index contributed by atoms with van der Waals surface area (Å²) in [6.45, 7) is 1.10. The highest BCUT2D eigenvalue weighted by atomic mass is 32.1. The van der Waals surface area contributed by atoms with Crippen molar-refractivity contribution in [3.63, 3.8) is 0 Å². The second-order valence-corrected chi connectivity index (χ2v) is 7.86. The Balaban J connectivity index is 1.54. The fourth-order valence-electron chi connectivity index (χ4n) is 3.65. The SMILES string of the molecule is COc1ccccc1CCNC(=O)c1cc2sccc2n1Cc1ccccc1OC. The number of benzene rings is 2. The van der Waals surface area contributed by atoms with E-state index < -0.39 is 0 Å². The maximum absolute atomic E-state index is 13.0. The molecule has 0 bridgehead atoms. The van der Waals surface area contributed by atoms with Crippen molar-refractivity contribution in [3.8, 4) is 11.5 Å². The molecule has 2 heterocycles. The first kappa shape index (κ1) is 20.0. The molecule has 0 fully saturated rings. The number of rotatable bonds is 8. The zero-order valence-electron chi connectivity index (χ0n) is 17.1. The number of aromatic nitrogens is 1. The lowest BCUT2D eigenvalue weighted by atomic mass is 10.1. The number of hydrogen-bond acceptors (Lipinski definition) is 4. The first-order valence-electron chi connectivity index (χ1n) is 9.80. The average molecular weight is 421 g/mol. The number of carbonyl (C=O) groups is 1. The molecule has 0 radical (unpaired) electrons. The molecule has 4 aromatic rings. The molecule has 0 aliphatic carbocycles. The second kappa shape index (κ2) is 9.05. The van der Waals surface area contributed by atoms with Gasteiger partial charge in [0.1, 0.15) is 17.2 Å². The summed E-state index contributed by atoms with van der Waals surface area (Å²) in [7, 11) is 3.33. The van der Waals surface area contributed by atoms with Crippen LogP contribution in [-0.2, 0) is 13.0 Å². The average Bonchev–Trinajstić information content (AvgIpc) is 3.37. The maximum Gasteiger partial charge on any atom is 0.267 e. The molecule has 0 aliphatic heterocycles. The summed E-state index contributed by atoms with van der Waals surface area (Å²) in [5, 5.41) is 5.11. The monoisotopic (exact) mass is 420 g/mol. The number of para-hydroxylation sites is 2. The summed E-state index contributed by atoms with van der Waals surface area (Å²) in [6.07, 6.45) is 0.706. The molecular weight excluding hydrogens is 396 g/mol. The lowest BCUT2D eigenvalue weighted by Crippen LogP contribution is -2.28. The van der Waals surface area contributed by atoms with E-state index in [9.17, 15) is 4.79 Å². The molecule has 1 amide bonds. The number of hydrogen-bond donors (Lipinski definition) is 1. The van der Waals surface area contributed by atoms with Crippen LogP contribution >= 0.6 is 11.3 Å². The van der Waals surface area contributed by atoms with Crippen molar-refractivity contribution in [1.29, 1.82) is 0 Å². The van der Waals surface area contributed by atoms with Gasteiger partial charge in [-0.05, 0) is 41.6 Å². The predicted molar refractivity (Wildman–Crippen MR) is 121 cm³/mol. The molecule has 0 saturated carbocycles. The molecular formula is C24H24N2O3S. The van der Waals surface area contributed by atoms with Crippen LogP contribution in [0.3, 0.4) is 0 Å². The minimum Gasteiger partial charge on any atom is -0.496 e. The number of amides is 1. The summed E-state index contributed by atoms with van der Waals surface area (Å²) in [6, 6.07) is 19.8. The molecule has 1 N–H and O–H groups in total. The Bertz CT molecular complexity index is 1160. The van der Waals surface area contributed by atoms with E-state index in [4.69, 9.17) is 9.47 Å². The van der Waals surface area contributed by atoms with Crippen LogP contribution in [-0.4, -0.2) is 31.2 Å². The summed E-state index contributed by atoms with van der Waals surface area (Å²) in [5.74, 6) is 1.58. The largest absolute Gasteiger partial charge is 0.496 e. The molecule has 0 spiro atoms. The van der Waals surface area contributed by atoms with Crippen LogP contribution < -0.4 is 14.8 Å². The van der Waals surface area contributed by atoms with Crippen molar-refractivity contribution < 1.29 is 14.3 Å². The third kappa shape index (κ3) is 4.04. The van der Waals surface area contributed by atoms with Crippen molar-refractivity contribution >= 4 is 27.5 Å². The molecule has 0 aliphatic rings. The van der Waals surface area contributed by atoms with Crippen LogP contribution in [0.1, 0.15) is 21.6 Å². The summed E-state index contributed by atoms with van der Waals surface area (Å²) in [5.41, 5.74) is 3.82. The van der Waals surface area contributed by atoms with Crippen molar-refractivity contribution in [2.75, 3.05) is 20.8 Å². The zero-order valence-corrected chi connectivity index (χ0v) is 17.9. The Hall–Kier alpha value is -3.25. The van der Waals surface area contributed by atoms with Crippen molar-refractivity contribution in [2.24, 2.45) is 0 Å². The van der Waals surface area contributed by atoms with Gasteiger partial charge >= 0.3 is 0 Å². The molecule has 5 nitrogen and oxygen atoms in total. The normalized spacial score (nSPS) is 10.9. The Kier molecular flexibility index (Phi) is 6.05. The van der Waals surface area contributed by atoms with Crippen LogP contribution in [0.15, 0.2) is 66.0 Å². The van der Waals surface area contributed by atoms with Gasteiger partial charge < -0.3 is 19.4 Å². The second-order valence-electron chi connectivity index (χ2n) is 6.92. The highest BCUT2D eigenvalue weighted by Gasteiger charge is 2.17. The molecule has 0 unspecified atom stereocenters. The fourth-order valence-corrected chi connectivity index (χ4v) is 4.47. The molecule has 2 aromatic carbocycles. The molecule has 0 atom stereocenters. The van der Waals surface area contributed by atoms with Crippen LogP contribution in [0, 0.1) is 0 Å². The van der Waals surface area contributed by atoms with Crippen LogP contribution in [0.25, 0.3) is 10.2 Å². The van der Waals surface area contributed by atoms with Crippen molar-refractivity contribution in [3.05, 3.63) is 82.9 Å². The Labute approximate surface area is 179 Å². The lowest BCUT2D eigenvalue weighted by Gasteiger charge is -2.14. The van der Waals surface area contributed by atoms with Gasteiger partial charge in [0.2, 0.25) is 0 Å². The van der Waals surface area contributed by atoms with Gasteiger partial charge in [-0.1, -0.05) is 36.4 Å². The van der Waals surface area contributed by atoms with Gasteiger partial charge in [0.05, 0.1) is 31.0 Å². The molecule has 0 saturated heterocycles. The third-order valence-electron chi connectivity index (χ3n) is 5.15. The number of ether oxygens (including phenoxy) is 2. The maximum atomic E-state index is 13.0. The van der Waals surface area contributed by atoms with Crippen molar-refractivity contribution in [1.82, 2.24) is 9.88 Å². The van der Waals surface area contributed by atoms with Gasteiger partial charge in [0, 0.05) is 12.1 Å². The number of fused-ring (bicyclic) bond motifs is 1. The summed E-state index contributed by atoms with van der Waals surface area (Å²) >= 11 is 1.64. The number of methoxy groups -OCH3 is 2. The van der Waals surface area contributed by atoms with Gasteiger partial charge in [-0.3, -0.25) is 4.79 Å². The van der Waals surface area contributed by atoms with Gasteiger partial charge in [0.15, 0.2) is 0 Å². The number of thiophene rings is 1. The smallest absolute Gasteiger partial charge is 0.267 e. The van der Waals surface area contributed by atoms with E-state index in [1.54, 1.807) is 25.6 Å². The number of carbonyl (C=O) groups excluding carboxylic acids is 1. The van der Waals surface area contributed by atoms with Gasteiger partial charge in [-0.25, -0.2) is 0 Å². The molecule has 30 heavy (non-hydrogen) atoms. The van der Waals surface area contributed by atoms with Crippen LogP contribution in [0.5, 0.6) is 11.5 Å². The minimum absolute atomic E-state index is 0.0804. The molecule has 2 aromatic heterocycles. The first-order chi connectivity index (χ1) is 14.7. The van der Waals surface area contributed by atoms with E-state index in [1.165, 1.54) is 0 Å². The molecule has 6 heteroatoms. The molecule has 4 rings (SSSR count). The van der Waals surface area contributed by atoms with E-state index >= 15 is 0 Å². The van der Waals surface area contributed by atoms with Gasteiger partial charge in [-0.2, -0.15) is 0 Å². The topological polar surface area (TPSA) is 52.5 Å².